The normalized spacial score (nSPS) is 18.0. The predicted octanol–water partition coefficient (Wildman–Crippen LogP) is 6.83. The van der Waals surface area contributed by atoms with E-state index in [1.807, 2.05) is 48.5 Å². The van der Waals surface area contributed by atoms with Gasteiger partial charge in [-0.25, -0.2) is 9.78 Å². The first-order valence-corrected chi connectivity index (χ1v) is 11.1. The molecule has 4 aromatic rings. The van der Waals surface area contributed by atoms with E-state index in [0.29, 0.717) is 11.5 Å². The SMILES string of the molecule is O=C(O)c1ccc(CC2CCCC2c2nc(-c3ccccc3)c(-c3ccccc3)o2)cc1. The quantitative estimate of drug-likeness (QED) is 0.369. The van der Waals surface area contributed by atoms with E-state index in [4.69, 9.17) is 14.5 Å². The molecule has 1 saturated carbocycles. The van der Waals surface area contributed by atoms with E-state index in [0.717, 1.165) is 59.7 Å². The molecule has 0 amide bonds. The van der Waals surface area contributed by atoms with Gasteiger partial charge in [-0.05, 0) is 42.9 Å². The van der Waals surface area contributed by atoms with Crippen LogP contribution in [0.4, 0.5) is 0 Å². The fourth-order valence-corrected chi connectivity index (χ4v) is 4.76. The van der Waals surface area contributed by atoms with Crippen molar-refractivity contribution >= 4 is 5.97 Å². The van der Waals surface area contributed by atoms with Gasteiger partial charge in [0.15, 0.2) is 11.7 Å². The standard InChI is InChI=1S/C28H25NO3/c30-28(31)22-16-14-19(15-17-22)18-23-12-7-13-24(23)27-29-25(20-8-3-1-4-9-20)26(32-27)21-10-5-2-6-11-21/h1-6,8-11,14-17,23-24H,7,12-13,18H2,(H,30,31). The number of carboxylic acid groups (broad SMARTS) is 1. The van der Waals surface area contributed by atoms with Gasteiger partial charge in [0.05, 0.1) is 5.56 Å². The number of benzene rings is 3. The van der Waals surface area contributed by atoms with Crippen LogP contribution < -0.4 is 0 Å². The molecule has 1 N–H and O–H groups in total. The van der Waals surface area contributed by atoms with E-state index in [1.165, 1.54) is 0 Å². The molecule has 1 heterocycles. The highest BCUT2D eigenvalue weighted by molar-refractivity contribution is 5.87. The van der Waals surface area contributed by atoms with Gasteiger partial charge in [0, 0.05) is 17.0 Å². The summed E-state index contributed by atoms with van der Waals surface area (Å²) in [6.07, 6.45) is 4.22. The van der Waals surface area contributed by atoms with Gasteiger partial charge in [0.1, 0.15) is 5.69 Å². The van der Waals surface area contributed by atoms with E-state index < -0.39 is 5.97 Å². The number of aromatic carboxylic acids is 1. The van der Waals surface area contributed by atoms with Gasteiger partial charge in [-0.3, -0.25) is 0 Å². The Balaban J connectivity index is 1.47. The first-order valence-electron chi connectivity index (χ1n) is 11.1. The van der Waals surface area contributed by atoms with Crippen molar-refractivity contribution < 1.29 is 14.3 Å². The Bertz CT molecular complexity index is 1140. The third-order valence-corrected chi connectivity index (χ3v) is 6.40. The Labute approximate surface area is 187 Å². The van der Waals surface area contributed by atoms with Crippen molar-refractivity contribution in [3.8, 4) is 22.6 Å². The minimum atomic E-state index is -0.892. The molecule has 2 unspecified atom stereocenters. The van der Waals surface area contributed by atoms with E-state index >= 15 is 0 Å². The summed E-state index contributed by atoms with van der Waals surface area (Å²) in [4.78, 5) is 16.2. The van der Waals surface area contributed by atoms with Crippen LogP contribution in [-0.4, -0.2) is 16.1 Å². The van der Waals surface area contributed by atoms with Crippen molar-refractivity contribution in [2.75, 3.05) is 0 Å². The smallest absolute Gasteiger partial charge is 0.335 e. The minimum absolute atomic E-state index is 0.258. The second kappa shape index (κ2) is 8.83. The van der Waals surface area contributed by atoms with E-state index in [-0.39, 0.29) is 5.92 Å². The van der Waals surface area contributed by atoms with Gasteiger partial charge in [-0.15, -0.1) is 0 Å². The van der Waals surface area contributed by atoms with E-state index in [1.54, 1.807) is 12.1 Å². The average molecular weight is 424 g/mol. The summed E-state index contributed by atoms with van der Waals surface area (Å²) in [5.74, 6) is 1.43. The second-order valence-electron chi connectivity index (χ2n) is 8.47. The Kier molecular flexibility index (Phi) is 5.59. The van der Waals surface area contributed by atoms with Crippen molar-refractivity contribution in [2.45, 2.75) is 31.6 Å². The fourth-order valence-electron chi connectivity index (χ4n) is 4.76. The van der Waals surface area contributed by atoms with Crippen LogP contribution in [0.25, 0.3) is 22.6 Å². The summed E-state index contributed by atoms with van der Waals surface area (Å²) in [5, 5.41) is 9.15. The number of hydrogen-bond donors (Lipinski definition) is 1. The lowest BCUT2D eigenvalue weighted by atomic mass is 9.89. The molecule has 32 heavy (non-hydrogen) atoms. The molecule has 0 saturated heterocycles. The Morgan fingerprint density at radius 2 is 1.53 bits per heavy atom. The molecule has 4 heteroatoms. The summed E-state index contributed by atoms with van der Waals surface area (Å²) in [5.41, 5.74) is 4.46. The van der Waals surface area contributed by atoms with Crippen molar-refractivity contribution in [3.05, 3.63) is 102 Å². The topological polar surface area (TPSA) is 63.3 Å². The predicted molar refractivity (Wildman–Crippen MR) is 125 cm³/mol. The number of nitrogens with zero attached hydrogens (tertiary/aromatic N) is 1. The van der Waals surface area contributed by atoms with Crippen LogP contribution in [0.2, 0.25) is 0 Å². The molecule has 0 spiro atoms. The first-order chi connectivity index (χ1) is 15.7. The summed E-state index contributed by atoms with van der Waals surface area (Å²) in [6, 6.07) is 27.6. The molecule has 4 nitrogen and oxygen atoms in total. The molecule has 1 aliphatic carbocycles. The molecule has 3 aromatic carbocycles. The molecule has 1 aliphatic rings. The molecule has 5 rings (SSSR count). The molecule has 0 bridgehead atoms. The van der Waals surface area contributed by atoms with Crippen LogP contribution in [0.1, 0.15) is 47.0 Å². The van der Waals surface area contributed by atoms with Crippen LogP contribution >= 0.6 is 0 Å². The Morgan fingerprint density at radius 3 is 2.19 bits per heavy atom. The maximum atomic E-state index is 11.1. The number of hydrogen-bond acceptors (Lipinski definition) is 3. The van der Waals surface area contributed by atoms with Crippen molar-refractivity contribution in [3.63, 3.8) is 0 Å². The lowest BCUT2D eigenvalue weighted by Gasteiger charge is -2.17. The molecule has 2 atom stereocenters. The zero-order chi connectivity index (χ0) is 21.9. The largest absolute Gasteiger partial charge is 0.478 e. The fraction of sp³-hybridized carbons (Fsp3) is 0.214. The van der Waals surface area contributed by atoms with Crippen LogP contribution in [0, 0.1) is 5.92 Å². The highest BCUT2D eigenvalue weighted by Crippen LogP contribution is 2.44. The highest BCUT2D eigenvalue weighted by Gasteiger charge is 2.33. The summed E-state index contributed by atoms with van der Waals surface area (Å²) < 4.78 is 6.47. The number of carbonyl (C=O) groups is 1. The number of carboxylic acids is 1. The van der Waals surface area contributed by atoms with Gasteiger partial charge >= 0.3 is 5.97 Å². The van der Waals surface area contributed by atoms with Gasteiger partial charge in [-0.1, -0.05) is 79.2 Å². The number of rotatable bonds is 6. The van der Waals surface area contributed by atoms with E-state index in [9.17, 15) is 4.79 Å². The summed E-state index contributed by atoms with van der Waals surface area (Å²) in [6.45, 7) is 0. The third kappa shape index (κ3) is 4.09. The van der Waals surface area contributed by atoms with Crippen LogP contribution in [-0.2, 0) is 6.42 Å². The molecule has 160 valence electrons. The Hall–Kier alpha value is -3.66. The molecular weight excluding hydrogens is 398 g/mol. The second-order valence-corrected chi connectivity index (χ2v) is 8.47. The summed E-state index contributed by atoms with van der Waals surface area (Å²) >= 11 is 0. The zero-order valence-corrected chi connectivity index (χ0v) is 17.8. The molecule has 1 aromatic heterocycles. The van der Waals surface area contributed by atoms with Crippen LogP contribution in [0.15, 0.2) is 89.3 Å². The van der Waals surface area contributed by atoms with Gasteiger partial charge in [0.2, 0.25) is 0 Å². The van der Waals surface area contributed by atoms with Crippen molar-refractivity contribution in [1.82, 2.24) is 4.98 Å². The van der Waals surface area contributed by atoms with Crippen LogP contribution in [0.5, 0.6) is 0 Å². The van der Waals surface area contributed by atoms with Crippen LogP contribution in [0.3, 0.4) is 0 Å². The first kappa shape index (κ1) is 20.3. The maximum Gasteiger partial charge on any atom is 0.335 e. The van der Waals surface area contributed by atoms with E-state index in [2.05, 4.69) is 24.3 Å². The number of oxazole rings is 1. The van der Waals surface area contributed by atoms with Gasteiger partial charge in [-0.2, -0.15) is 0 Å². The van der Waals surface area contributed by atoms with Crippen molar-refractivity contribution in [1.29, 1.82) is 0 Å². The maximum absolute atomic E-state index is 11.1. The Morgan fingerprint density at radius 1 is 0.875 bits per heavy atom. The monoisotopic (exact) mass is 423 g/mol. The lowest BCUT2D eigenvalue weighted by Crippen LogP contribution is -2.10. The molecule has 0 aliphatic heterocycles. The molecule has 1 fully saturated rings. The minimum Gasteiger partial charge on any atom is -0.478 e. The average Bonchev–Trinajstić information content (AvgIpc) is 3.48. The van der Waals surface area contributed by atoms with Gasteiger partial charge in [0.25, 0.3) is 0 Å². The lowest BCUT2D eigenvalue weighted by molar-refractivity contribution is 0.0697. The zero-order valence-electron chi connectivity index (χ0n) is 17.8. The summed E-state index contributed by atoms with van der Waals surface area (Å²) in [7, 11) is 0. The highest BCUT2D eigenvalue weighted by atomic mass is 16.4. The number of aromatic nitrogens is 1. The van der Waals surface area contributed by atoms with Gasteiger partial charge < -0.3 is 9.52 Å². The third-order valence-electron chi connectivity index (χ3n) is 6.40. The molecule has 0 radical (unpaired) electrons. The molecular formula is C28H25NO3. The van der Waals surface area contributed by atoms with Crippen molar-refractivity contribution in [2.24, 2.45) is 5.92 Å².